The standard InChI is InChI=1S/C23H36O3.C16H22O4.C14H20Br2.C14H22O2.C10H12Br2.CH4.B3.B2.B.HI.H2O/c1-18(24)22(2,3)16-8-6-10-19-12-14-20(15-13-19)11-7-9-17-23(4,5)21(25)26;1-19-15(17)7-3-5-13-9-11-14(12-10-13)6-4-8-16(18)20-2;2*15-11-3-1-5-13-7-9-14(10-8-13)6-2-4-12-16;11-7-5-9-1-2-10(4-3-9)6-8-12;;1-3-2;1-2;;;/h12-15H,6-11,16-17H2,1-5H3,(H,25,26);9-12H,3-8H2,1-2H3;7-10H,1-6,11-12H2;7-10,15-16H,1-6,11-12H2;1-4H,5-8H2;1H4;;;;1H;1H2/p-1. The lowest BCUT2D eigenvalue weighted by Gasteiger charge is -2.20. The summed E-state index contributed by atoms with van der Waals surface area (Å²) in [4.78, 5) is 44.6. The van der Waals surface area contributed by atoms with Crippen LogP contribution in [-0.2, 0) is 92.9 Å². The fraction of sp³-hybridized carbons (Fsp3) is 0.564. The van der Waals surface area contributed by atoms with E-state index in [4.69, 9.17) is 15.3 Å². The summed E-state index contributed by atoms with van der Waals surface area (Å²) in [7, 11) is 20.8. The van der Waals surface area contributed by atoms with Gasteiger partial charge in [0.2, 0.25) is 0 Å². The number of unbranched alkanes of at least 4 members (excludes halogenated alkanes) is 6. The van der Waals surface area contributed by atoms with Gasteiger partial charge < -0.3 is 54.2 Å². The van der Waals surface area contributed by atoms with Gasteiger partial charge in [-0.25, -0.2) is 0 Å². The number of halogens is 5. The van der Waals surface area contributed by atoms with Crippen molar-refractivity contribution < 1.29 is 73.4 Å². The highest BCUT2D eigenvalue weighted by atomic mass is 127. The molecule has 5 aromatic rings. The van der Waals surface area contributed by atoms with Gasteiger partial charge in [-0.2, -0.15) is 0 Å². The summed E-state index contributed by atoms with van der Waals surface area (Å²) in [5, 5.41) is 30.8. The maximum Gasteiger partial charge on any atom is 0.309 e. The number of carboxylic acids is 1. The number of carbonyl (C=O) groups is 4. The van der Waals surface area contributed by atoms with Gasteiger partial charge in [-0.05, 0) is 231 Å². The quantitative estimate of drug-likeness (QED) is 0.0113. The molecule has 21 heteroatoms. The van der Waals surface area contributed by atoms with Gasteiger partial charge in [0.25, 0.3) is 0 Å². The monoisotopic (exact) mass is 1720 g/mol. The predicted octanol–water partition coefficient (Wildman–Crippen LogP) is 14.0. The molecule has 0 aliphatic rings. The predicted molar refractivity (Wildman–Crippen MR) is 436 cm³/mol. The summed E-state index contributed by atoms with van der Waals surface area (Å²) < 4.78 is 9.21. The average Bonchev–Trinajstić information content (AvgIpc) is 1.23. The number of methoxy groups -OCH3 is 2. The smallest absolute Gasteiger partial charge is 0.309 e. The van der Waals surface area contributed by atoms with Crippen LogP contribution in [0.5, 0.6) is 0 Å². The maximum absolute atomic E-state index is 11.5. The minimum absolute atomic E-state index is 0. The van der Waals surface area contributed by atoms with Crippen LogP contribution >= 0.6 is 63.7 Å². The van der Waals surface area contributed by atoms with Crippen molar-refractivity contribution in [3.63, 3.8) is 0 Å². The zero-order valence-electron chi connectivity index (χ0n) is 60.2. The number of ether oxygens (including phenoxy) is 2. The molecule has 0 bridgehead atoms. The Hall–Kier alpha value is -2.90. The van der Waals surface area contributed by atoms with E-state index in [2.05, 4.69) is 225 Å². The van der Waals surface area contributed by atoms with E-state index >= 15 is 0 Å². The number of carboxylic acid groups (broad SMARTS) is 1. The second-order valence-corrected chi connectivity index (χ2v) is 27.9. The molecule has 5 aromatic carbocycles. The van der Waals surface area contributed by atoms with Crippen molar-refractivity contribution >= 4 is 134 Å². The lowest BCUT2D eigenvalue weighted by molar-refractivity contribution is -0.147. The van der Waals surface area contributed by atoms with Crippen molar-refractivity contribution in [2.45, 2.75) is 222 Å². The number of alkyl halides is 4. The first kappa shape index (κ1) is 107. The number of hydrogen-bond donors (Lipinski definition) is 3. The molecular formula is C78H118B6Br4IO10-. The Labute approximate surface area is 659 Å². The Bertz CT molecular complexity index is 2410. The van der Waals surface area contributed by atoms with Crippen LogP contribution in [0.4, 0.5) is 0 Å². The lowest BCUT2D eigenvalue weighted by atomic mass is 9.40. The second kappa shape index (κ2) is 72.1. The van der Waals surface area contributed by atoms with Crippen LogP contribution in [0, 0.1) is 10.8 Å². The van der Waals surface area contributed by atoms with Gasteiger partial charge in [0.1, 0.15) is 5.78 Å². The normalized spacial score (nSPS) is 10.1. The largest absolute Gasteiger partial charge is 1.00 e. The number of carbonyl (C=O) groups excluding carboxylic acids is 3. The number of esters is 2. The fourth-order valence-corrected chi connectivity index (χ4v) is 11.2. The highest BCUT2D eigenvalue weighted by Gasteiger charge is 2.26. The molecule has 0 aliphatic heterocycles. The number of aliphatic hydroxyl groups excluding tert-OH is 2. The number of aliphatic carboxylic acids is 1. The van der Waals surface area contributed by atoms with Gasteiger partial charge in [0, 0.05) is 99.2 Å². The van der Waals surface area contributed by atoms with Crippen LogP contribution in [0.25, 0.3) is 0 Å². The van der Waals surface area contributed by atoms with Crippen LogP contribution in [0.15, 0.2) is 121 Å². The first-order chi connectivity index (χ1) is 45.7. The molecule has 0 aliphatic carbocycles. The summed E-state index contributed by atoms with van der Waals surface area (Å²) in [5.74, 6) is -0.768. The van der Waals surface area contributed by atoms with E-state index in [1.54, 1.807) is 20.8 Å². The van der Waals surface area contributed by atoms with Crippen LogP contribution in [0.2, 0.25) is 0 Å². The van der Waals surface area contributed by atoms with E-state index in [0.29, 0.717) is 26.1 Å². The first-order valence-electron chi connectivity index (χ1n) is 34.0. The summed E-state index contributed by atoms with van der Waals surface area (Å²) in [6.07, 6.45) is 27.9. The molecule has 0 aromatic heterocycles. The number of aliphatic hydroxyl groups is 2. The van der Waals surface area contributed by atoms with Crippen molar-refractivity contribution in [1.82, 2.24) is 0 Å². The number of rotatable bonds is 40. The Kier molecular flexibility index (Phi) is 77.9. The highest BCUT2D eigenvalue weighted by Crippen LogP contribution is 2.26. The van der Waals surface area contributed by atoms with Crippen LogP contribution in [0.3, 0.4) is 0 Å². The molecule has 0 saturated heterocycles. The van der Waals surface area contributed by atoms with E-state index < -0.39 is 11.4 Å². The molecule has 0 spiro atoms. The Morgan fingerprint density at radius 2 is 0.596 bits per heavy atom. The topological polar surface area (TPSA) is 179 Å². The van der Waals surface area contributed by atoms with Crippen molar-refractivity contribution in [2.24, 2.45) is 10.8 Å². The molecule has 0 saturated carbocycles. The number of ketones is 1. The molecule has 12 radical (unpaired) electrons. The van der Waals surface area contributed by atoms with Gasteiger partial charge in [-0.3, -0.25) is 19.2 Å². The van der Waals surface area contributed by atoms with Gasteiger partial charge >= 0.3 is 17.9 Å². The Morgan fingerprint density at radius 3 is 0.788 bits per heavy atom. The van der Waals surface area contributed by atoms with Crippen LogP contribution in [0.1, 0.15) is 213 Å². The minimum atomic E-state index is -0.714. The van der Waals surface area contributed by atoms with Crippen molar-refractivity contribution in [3.8, 4) is 0 Å². The van der Waals surface area contributed by atoms with Gasteiger partial charge in [-0.15, -0.1) is 0 Å². The lowest BCUT2D eigenvalue weighted by Crippen LogP contribution is -3.00. The van der Waals surface area contributed by atoms with Gasteiger partial charge in [0.15, 0.2) is 0 Å². The van der Waals surface area contributed by atoms with E-state index in [1.165, 1.54) is 108 Å². The Balaban J connectivity index is -0.000000271. The minimum Gasteiger partial charge on any atom is -1.00 e. The molecule has 10 nitrogen and oxygen atoms in total. The SMILES string of the molecule is BrCCCCc1ccc(CCCCBr)cc1.BrCCc1ccc(CCBr)cc1.C.CC(=O)C(C)(C)CCCCc1ccc(CCCCC(C)(C)C(=O)O)cc1.COC(=O)CCCc1ccc(CCCC(=O)OC)cc1.O.OCCCCc1ccc(CCCCO)cc1.[B].[B][B].[B][B][B].[I-]. The number of benzene rings is 5. The zero-order valence-corrected chi connectivity index (χ0v) is 68.7. The van der Waals surface area contributed by atoms with E-state index in [9.17, 15) is 19.2 Å². The molecule has 0 atom stereocenters. The molecule has 0 amide bonds. The van der Waals surface area contributed by atoms with Gasteiger partial charge in [-0.1, -0.05) is 219 Å². The maximum atomic E-state index is 11.5. The molecule has 0 fully saturated rings. The van der Waals surface area contributed by atoms with Crippen molar-refractivity contribution in [3.05, 3.63) is 177 Å². The van der Waals surface area contributed by atoms with E-state index in [0.717, 1.165) is 157 Å². The molecule has 544 valence electrons. The third-order valence-corrected chi connectivity index (χ3v) is 18.0. The molecule has 0 heterocycles. The zero-order chi connectivity index (χ0) is 71.4. The van der Waals surface area contributed by atoms with Crippen molar-refractivity contribution in [1.29, 1.82) is 0 Å². The molecule has 0 unspecified atom stereocenters. The van der Waals surface area contributed by atoms with Crippen LogP contribution < -0.4 is 24.0 Å². The summed E-state index contributed by atoms with van der Waals surface area (Å²) in [6, 6.07) is 43.8. The summed E-state index contributed by atoms with van der Waals surface area (Å²) in [5.41, 5.74) is 12.7. The first-order valence-corrected chi connectivity index (χ1v) is 38.5. The van der Waals surface area contributed by atoms with Crippen LogP contribution in [-0.4, -0.2) is 140 Å². The number of hydrogen-bond acceptors (Lipinski definition) is 8. The fourth-order valence-electron chi connectivity index (χ4n) is 9.46. The number of Topliss-reactive ketones (excluding diaryl/α,β-unsaturated/α-hetero) is 1. The summed E-state index contributed by atoms with van der Waals surface area (Å²) >= 11 is 13.8. The van der Waals surface area contributed by atoms with E-state index in [1.807, 2.05) is 13.8 Å². The van der Waals surface area contributed by atoms with Gasteiger partial charge in [0.05, 0.1) is 19.6 Å². The highest BCUT2D eigenvalue weighted by molar-refractivity contribution is 9.09. The average molecular weight is 1730 g/mol. The molecule has 99 heavy (non-hydrogen) atoms. The molecule has 5 N–H and O–H groups in total. The number of aryl methyl sites for hydroxylation is 10. The second-order valence-electron chi connectivity index (χ2n) is 24.7. The molecule has 5 rings (SSSR count). The van der Waals surface area contributed by atoms with E-state index in [-0.39, 0.29) is 68.4 Å². The summed E-state index contributed by atoms with van der Waals surface area (Å²) in [6.45, 7) is 9.91. The Morgan fingerprint density at radius 1 is 0.394 bits per heavy atom. The molecular weight excluding hydrogens is 1610 g/mol. The third kappa shape index (κ3) is 60.1. The van der Waals surface area contributed by atoms with Crippen molar-refractivity contribution in [2.75, 3.05) is 48.8 Å². The third-order valence-electron chi connectivity index (χ3n) is 16.0.